The van der Waals surface area contributed by atoms with Crippen LogP contribution in [0.5, 0.6) is 5.75 Å². The Morgan fingerprint density at radius 3 is 2.60 bits per heavy atom. The molecule has 0 aliphatic carbocycles. The van der Waals surface area contributed by atoms with Gasteiger partial charge in [-0.1, -0.05) is 0 Å². The maximum Gasteiger partial charge on any atom is 0.412 e. The predicted octanol–water partition coefficient (Wildman–Crippen LogP) is 3.42. The molecule has 1 heterocycles. The van der Waals surface area contributed by atoms with Gasteiger partial charge in [-0.05, 0) is 58.8 Å². The molecule has 1 aliphatic heterocycles. The van der Waals surface area contributed by atoms with Gasteiger partial charge >= 0.3 is 6.09 Å². The van der Waals surface area contributed by atoms with Crippen LogP contribution < -0.4 is 10.1 Å². The van der Waals surface area contributed by atoms with Gasteiger partial charge in [-0.2, -0.15) is 0 Å². The SMILES string of the molecule is CC(C)(C)OC(=O)Nc1ccc(OCCN2CCCC2)cc1[N+](=O)[O-]. The van der Waals surface area contributed by atoms with Crippen molar-refractivity contribution in [2.24, 2.45) is 0 Å². The summed E-state index contributed by atoms with van der Waals surface area (Å²) in [4.78, 5) is 24.8. The third-order valence-corrected chi connectivity index (χ3v) is 3.68. The van der Waals surface area contributed by atoms with Crippen LogP contribution in [0.3, 0.4) is 0 Å². The van der Waals surface area contributed by atoms with E-state index in [1.165, 1.54) is 25.0 Å². The van der Waals surface area contributed by atoms with Gasteiger partial charge in [0.15, 0.2) is 0 Å². The summed E-state index contributed by atoms with van der Waals surface area (Å²) >= 11 is 0. The Kier molecular flexibility index (Phi) is 6.19. The lowest BCUT2D eigenvalue weighted by molar-refractivity contribution is -0.384. The number of amides is 1. The fourth-order valence-electron chi connectivity index (χ4n) is 2.57. The fourth-order valence-corrected chi connectivity index (χ4v) is 2.57. The molecule has 0 unspecified atom stereocenters. The van der Waals surface area contributed by atoms with Crippen molar-refractivity contribution in [3.05, 3.63) is 28.3 Å². The highest BCUT2D eigenvalue weighted by Crippen LogP contribution is 2.29. The van der Waals surface area contributed by atoms with E-state index in [-0.39, 0.29) is 11.4 Å². The van der Waals surface area contributed by atoms with Crippen molar-refractivity contribution in [3.8, 4) is 5.75 Å². The average Bonchev–Trinajstić information content (AvgIpc) is 2.99. The number of nitro benzene ring substituents is 1. The van der Waals surface area contributed by atoms with Crippen molar-refractivity contribution in [3.63, 3.8) is 0 Å². The fraction of sp³-hybridized carbons (Fsp3) is 0.588. The second-order valence-electron chi connectivity index (χ2n) is 6.96. The highest BCUT2D eigenvalue weighted by Gasteiger charge is 2.21. The number of carbonyl (C=O) groups excluding carboxylic acids is 1. The monoisotopic (exact) mass is 351 g/mol. The summed E-state index contributed by atoms with van der Waals surface area (Å²) in [6, 6.07) is 4.37. The summed E-state index contributed by atoms with van der Waals surface area (Å²) in [5.41, 5.74) is -0.840. The van der Waals surface area contributed by atoms with Crippen LogP contribution in [0, 0.1) is 10.1 Å². The van der Waals surface area contributed by atoms with Crippen LogP contribution in [-0.4, -0.2) is 47.8 Å². The molecule has 25 heavy (non-hydrogen) atoms. The standard InChI is InChI=1S/C17H25N3O5/c1-17(2,3)25-16(21)18-14-7-6-13(12-15(14)20(22)23)24-11-10-19-8-4-5-9-19/h6-7,12H,4-5,8-11H2,1-3H3,(H,18,21). The lowest BCUT2D eigenvalue weighted by atomic mass is 10.2. The highest BCUT2D eigenvalue weighted by atomic mass is 16.6. The second-order valence-corrected chi connectivity index (χ2v) is 6.96. The molecule has 1 aromatic rings. The molecular weight excluding hydrogens is 326 g/mol. The van der Waals surface area contributed by atoms with Crippen molar-refractivity contribution >= 4 is 17.5 Å². The Hall–Kier alpha value is -2.35. The smallest absolute Gasteiger partial charge is 0.412 e. The number of anilines is 1. The van der Waals surface area contributed by atoms with Gasteiger partial charge in [-0.3, -0.25) is 20.3 Å². The summed E-state index contributed by atoms with van der Waals surface area (Å²) in [5, 5.41) is 13.7. The van der Waals surface area contributed by atoms with E-state index in [2.05, 4.69) is 10.2 Å². The quantitative estimate of drug-likeness (QED) is 0.623. The molecule has 0 radical (unpaired) electrons. The molecule has 0 atom stereocenters. The first kappa shape index (κ1) is 19.0. The number of hydrogen-bond acceptors (Lipinski definition) is 6. The minimum atomic E-state index is -0.738. The van der Waals surface area contributed by atoms with E-state index in [1.54, 1.807) is 26.8 Å². The molecule has 2 rings (SSSR count). The third kappa shape index (κ3) is 6.22. The molecule has 0 spiro atoms. The number of nitro groups is 1. The number of carbonyl (C=O) groups is 1. The Morgan fingerprint density at radius 1 is 1.32 bits per heavy atom. The van der Waals surface area contributed by atoms with E-state index < -0.39 is 16.6 Å². The molecule has 8 heteroatoms. The van der Waals surface area contributed by atoms with E-state index in [0.717, 1.165) is 19.6 Å². The van der Waals surface area contributed by atoms with Crippen molar-refractivity contribution in [2.45, 2.75) is 39.2 Å². The van der Waals surface area contributed by atoms with Crippen LogP contribution in [0.4, 0.5) is 16.2 Å². The molecule has 1 fully saturated rings. The molecule has 0 saturated carbocycles. The summed E-state index contributed by atoms with van der Waals surface area (Å²) in [5.74, 6) is 0.403. The Morgan fingerprint density at radius 2 is 2.00 bits per heavy atom. The summed E-state index contributed by atoms with van der Waals surface area (Å²) in [6.45, 7) is 8.57. The third-order valence-electron chi connectivity index (χ3n) is 3.68. The number of nitrogens with zero attached hydrogens (tertiary/aromatic N) is 2. The van der Waals surface area contributed by atoms with Gasteiger partial charge in [0, 0.05) is 6.54 Å². The van der Waals surface area contributed by atoms with E-state index in [9.17, 15) is 14.9 Å². The molecule has 1 saturated heterocycles. The Labute approximate surface area is 147 Å². The summed E-state index contributed by atoms with van der Waals surface area (Å²) in [6.07, 6.45) is 1.67. The maximum atomic E-state index is 11.8. The van der Waals surface area contributed by atoms with Crippen molar-refractivity contribution in [1.82, 2.24) is 4.90 Å². The molecular formula is C17H25N3O5. The molecule has 1 N–H and O–H groups in total. The van der Waals surface area contributed by atoms with Gasteiger partial charge in [0.25, 0.3) is 5.69 Å². The van der Waals surface area contributed by atoms with Gasteiger partial charge in [-0.25, -0.2) is 4.79 Å². The number of nitrogens with one attached hydrogen (secondary N) is 1. The normalized spacial score (nSPS) is 15.0. The molecule has 8 nitrogen and oxygen atoms in total. The van der Waals surface area contributed by atoms with Crippen LogP contribution in [0.15, 0.2) is 18.2 Å². The van der Waals surface area contributed by atoms with Crippen LogP contribution in [-0.2, 0) is 4.74 Å². The van der Waals surface area contributed by atoms with E-state index >= 15 is 0 Å². The van der Waals surface area contributed by atoms with Crippen LogP contribution in [0.1, 0.15) is 33.6 Å². The first-order valence-electron chi connectivity index (χ1n) is 8.38. The van der Waals surface area contributed by atoms with E-state index in [0.29, 0.717) is 12.4 Å². The van der Waals surface area contributed by atoms with Crippen LogP contribution in [0.25, 0.3) is 0 Å². The van der Waals surface area contributed by atoms with Gasteiger partial charge in [0.2, 0.25) is 0 Å². The summed E-state index contributed by atoms with van der Waals surface area (Å²) in [7, 11) is 0. The number of hydrogen-bond donors (Lipinski definition) is 1. The lowest BCUT2D eigenvalue weighted by Gasteiger charge is -2.19. The van der Waals surface area contributed by atoms with Gasteiger partial charge < -0.3 is 9.47 Å². The van der Waals surface area contributed by atoms with Crippen molar-refractivity contribution < 1.29 is 19.2 Å². The lowest BCUT2D eigenvalue weighted by Crippen LogP contribution is -2.27. The van der Waals surface area contributed by atoms with Gasteiger partial charge in [0.1, 0.15) is 23.6 Å². The number of rotatable bonds is 6. The number of benzene rings is 1. The minimum Gasteiger partial charge on any atom is -0.492 e. The highest BCUT2D eigenvalue weighted by molar-refractivity contribution is 5.88. The molecule has 138 valence electrons. The Balaban J connectivity index is 1.98. The zero-order valence-electron chi connectivity index (χ0n) is 14.9. The topological polar surface area (TPSA) is 93.9 Å². The zero-order chi connectivity index (χ0) is 18.4. The first-order valence-corrected chi connectivity index (χ1v) is 8.38. The molecule has 0 aromatic heterocycles. The Bertz CT molecular complexity index is 621. The predicted molar refractivity (Wildman–Crippen MR) is 94.1 cm³/mol. The largest absolute Gasteiger partial charge is 0.492 e. The minimum absolute atomic E-state index is 0.0751. The maximum absolute atomic E-state index is 11.8. The molecule has 0 bridgehead atoms. The van der Waals surface area contributed by atoms with Gasteiger partial charge in [0.05, 0.1) is 11.0 Å². The van der Waals surface area contributed by atoms with Crippen LogP contribution >= 0.6 is 0 Å². The number of ether oxygens (including phenoxy) is 2. The molecule has 1 aromatic carbocycles. The van der Waals surface area contributed by atoms with Gasteiger partial charge in [-0.15, -0.1) is 0 Å². The second kappa shape index (κ2) is 8.15. The van der Waals surface area contributed by atoms with Crippen molar-refractivity contribution in [2.75, 3.05) is 31.6 Å². The molecule has 1 amide bonds. The zero-order valence-corrected chi connectivity index (χ0v) is 14.9. The van der Waals surface area contributed by atoms with E-state index in [4.69, 9.17) is 9.47 Å². The number of likely N-dealkylation sites (tertiary alicyclic amines) is 1. The van der Waals surface area contributed by atoms with Crippen molar-refractivity contribution in [1.29, 1.82) is 0 Å². The summed E-state index contributed by atoms with van der Waals surface area (Å²) < 4.78 is 10.7. The molecule has 1 aliphatic rings. The van der Waals surface area contributed by atoms with E-state index in [1.807, 2.05) is 0 Å². The van der Waals surface area contributed by atoms with Crippen LogP contribution in [0.2, 0.25) is 0 Å². The first-order chi connectivity index (χ1) is 11.7. The average molecular weight is 351 g/mol.